The molecule has 1 aromatic heterocycles. The average Bonchev–Trinajstić information content (AvgIpc) is 3.07. The van der Waals surface area contributed by atoms with Crippen LogP contribution < -0.4 is 4.74 Å². The fraction of sp³-hybridized carbons (Fsp3) is 0.333. The van der Waals surface area contributed by atoms with Gasteiger partial charge in [0.05, 0.1) is 11.6 Å². The van der Waals surface area contributed by atoms with E-state index in [9.17, 15) is 9.59 Å². The zero-order valence-electron chi connectivity index (χ0n) is 13.0. The summed E-state index contributed by atoms with van der Waals surface area (Å²) in [6, 6.07) is 9.20. The van der Waals surface area contributed by atoms with E-state index in [-0.39, 0.29) is 18.6 Å². The number of hydrogen-bond donors (Lipinski definition) is 0. The summed E-state index contributed by atoms with van der Waals surface area (Å²) in [7, 11) is 0. The number of aldehydes is 1. The minimum absolute atomic E-state index is 0.0330. The van der Waals surface area contributed by atoms with Crippen molar-refractivity contribution < 1.29 is 14.3 Å². The summed E-state index contributed by atoms with van der Waals surface area (Å²) >= 11 is 1.77. The number of para-hydroxylation sites is 1. The van der Waals surface area contributed by atoms with Crippen LogP contribution in [0.2, 0.25) is 0 Å². The van der Waals surface area contributed by atoms with Crippen LogP contribution in [-0.4, -0.2) is 30.2 Å². The molecule has 4 nitrogen and oxygen atoms in total. The van der Waals surface area contributed by atoms with Gasteiger partial charge in [0.2, 0.25) is 0 Å². The summed E-state index contributed by atoms with van der Waals surface area (Å²) in [4.78, 5) is 26.9. The molecule has 0 aliphatic carbocycles. The second-order valence-corrected chi connectivity index (χ2v) is 6.51. The molecule has 0 fully saturated rings. The van der Waals surface area contributed by atoms with Crippen molar-refractivity contribution in [2.24, 2.45) is 0 Å². The molecule has 1 aliphatic heterocycles. The zero-order valence-corrected chi connectivity index (χ0v) is 13.8. The lowest BCUT2D eigenvalue weighted by molar-refractivity contribution is -0.136. The molecule has 2 heterocycles. The first kappa shape index (κ1) is 15.7. The van der Waals surface area contributed by atoms with Gasteiger partial charge in [-0.1, -0.05) is 19.1 Å². The van der Waals surface area contributed by atoms with Crippen molar-refractivity contribution in [2.75, 3.05) is 13.2 Å². The predicted octanol–water partition coefficient (Wildman–Crippen LogP) is 3.48. The maximum absolute atomic E-state index is 12.6. The summed E-state index contributed by atoms with van der Waals surface area (Å²) in [5.74, 6) is 0.423. The van der Waals surface area contributed by atoms with Gasteiger partial charge in [-0.25, -0.2) is 0 Å². The standard InChI is InChI=1S/C18H19NO3S/c1-2-15-14-8-10-23-17(14)7-9-19(15)18(21)12-22-16-6-4-3-5-13(16)11-20/h3-6,8,10-11,15H,2,7,9,12H2,1H3. The number of nitrogens with zero attached hydrogens (tertiary/aromatic N) is 1. The number of ether oxygens (including phenoxy) is 1. The second-order valence-electron chi connectivity index (χ2n) is 5.50. The van der Waals surface area contributed by atoms with Crippen LogP contribution in [0.15, 0.2) is 35.7 Å². The van der Waals surface area contributed by atoms with Gasteiger partial charge in [0.15, 0.2) is 12.9 Å². The van der Waals surface area contributed by atoms with Crippen LogP contribution in [0.1, 0.15) is 40.2 Å². The molecule has 0 saturated heterocycles. The first-order chi connectivity index (χ1) is 11.2. The molecule has 0 spiro atoms. The van der Waals surface area contributed by atoms with Crippen molar-refractivity contribution in [3.63, 3.8) is 0 Å². The van der Waals surface area contributed by atoms with Crippen molar-refractivity contribution in [1.82, 2.24) is 4.90 Å². The number of hydrogen-bond acceptors (Lipinski definition) is 4. The first-order valence-electron chi connectivity index (χ1n) is 7.77. The fourth-order valence-corrected chi connectivity index (χ4v) is 4.00. The summed E-state index contributed by atoms with van der Waals surface area (Å²) in [6.07, 6.45) is 2.54. The van der Waals surface area contributed by atoms with E-state index >= 15 is 0 Å². The molecule has 1 atom stereocenters. The molecular weight excluding hydrogens is 310 g/mol. The molecular formula is C18H19NO3S. The van der Waals surface area contributed by atoms with Crippen LogP contribution in [0.3, 0.4) is 0 Å². The molecule has 1 unspecified atom stereocenters. The molecule has 1 aliphatic rings. The quantitative estimate of drug-likeness (QED) is 0.789. The number of benzene rings is 1. The molecule has 0 N–H and O–H groups in total. The highest BCUT2D eigenvalue weighted by molar-refractivity contribution is 7.10. The van der Waals surface area contributed by atoms with E-state index in [1.165, 1.54) is 10.4 Å². The van der Waals surface area contributed by atoms with Gasteiger partial charge < -0.3 is 9.64 Å². The molecule has 3 rings (SSSR count). The average molecular weight is 329 g/mol. The van der Waals surface area contributed by atoms with Gasteiger partial charge in [0.25, 0.3) is 5.91 Å². The Morgan fingerprint density at radius 1 is 1.39 bits per heavy atom. The number of rotatable bonds is 5. The molecule has 5 heteroatoms. The van der Waals surface area contributed by atoms with Crippen molar-refractivity contribution in [3.05, 3.63) is 51.7 Å². The molecule has 0 bridgehead atoms. The number of fused-ring (bicyclic) bond motifs is 1. The highest BCUT2D eigenvalue weighted by Crippen LogP contribution is 2.35. The Bertz CT molecular complexity index is 710. The highest BCUT2D eigenvalue weighted by Gasteiger charge is 2.30. The monoisotopic (exact) mass is 329 g/mol. The molecule has 1 aromatic carbocycles. The minimum Gasteiger partial charge on any atom is -0.483 e. The molecule has 23 heavy (non-hydrogen) atoms. The third kappa shape index (κ3) is 3.15. The molecule has 1 amide bonds. The van der Waals surface area contributed by atoms with Crippen LogP contribution in [-0.2, 0) is 11.2 Å². The van der Waals surface area contributed by atoms with E-state index in [1.54, 1.807) is 35.6 Å². The number of carbonyl (C=O) groups is 2. The number of carbonyl (C=O) groups excluding carboxylic acids is 2. The van der Waals surface area contributed by atoms with Gasteiger partial charge in [-0.2, -0.15) is 0 Å². The van der Waals surface area contributed by atoms with Crippen LogP contribution in [0.25, 0.3) is 0 Å². The largest absolute Gasteiger partial charge is 0.483 e. The van der Waals surface area contributed by atoms with E-state index in [4.69, 9.17) is 4.74 Å². The Balaban J connectivity index is 1.70. The van der Waals surface area contributed by atoms with Crippen LogP contribution in [0.4, 0.5) is 0 Å². The molecule has 2 aromatic rings. The molecule has 0 radical (unpaired) electrons. The number of amides is 1. The predicted molar refractivity (Wildman–Crippen MR) is 90.1 cm³/mol. The normalized spacial score (nSPS) is 16.7. The maximum atomic E-state index is 12.6. The summed E-state index contributed by atoms with van der Waals surface area (Å²) in [6.45, 7) is 2.78. The Kier molecular flexibility index (Phi) is 4.76. The molecule has 0 saturated carbocycles. The van der Waals surface area contributed by atoms with Crippen LogP contribution >= 0.6 is 11.3 Å². The zero-order chi connectivity index (χ0) is 16.2. The van der Waals surface area contributed by atoms with E-state index in [2.05, 4.69) is 18.4 Å². The Hall–Kier alpha value is -2.14. The van der Waals surface area contributed by atoms with Gasteiger partial charge in [0, 0.05) is 11.4 Å². The lowest BCUT2D eigenvalue weighted by atomic mass is 9.98. The summed E-state index contributed by atoms with van der Waals surface area (Å²) in [5.41, 5.74) is 1.73. The maximum Gasteiger partial charge on any atom is 0.261 e. The Labute approximate surface area is 139 Å². The third-order valence-electron chi connectivity index (χ3n) is 4.20. The van der Waals surface area contributed by atoms with Crippen molar-refractivity contribution in [3.8, 4) is 5.75 Å². The van der Waals surface area contributed by atoms with Gasteiger partial charge in [0.1, 0.15) is 5.75 Å². The summed E-state index contributed by atoms with van der Waals surface area (Å²) in [5, 5.41) is 2.10. The first-order valence-corrected chi connectivity index (χ1v) is 8.65. The lowest BCUT2D eigenvalue weighted by Crippen LogP contribution is -2.41. The Morgan fingerprint density at radius 2 is 2.22 bits per heavy atom. The highest BCUT2D eigenvalue weighted by atomic mass is 32.1. The topological polar surface area (TPSA) is 46.6 Å². The fourth-order valence-electron chi connectivity index (χ4n) is 3.07. The second kappa shape index (κ2) is 6.96. The third-order valence-corrected chi connectivity index (χ3v) is 5.20. The van der Waals surface area contributed by atoms with E-state index in [0.29, 0.717) is 11.3 Å². The van der Waals surface area contributed by atoms with Crippen molar-refractivity contribution >= 4 is 23.5 Å². The van der Waals surface area contributed by atoms with Crippen LogP contribution in [0, 0.1) is 0 Å². The van der Waals surface area contributed by atoms with Crippen LogP contribution in [0.5, 0.6) is 5.75 Å². The van der Waals surface area contributed by atoms with Gasteiger partial charge in [-0.05, 0) is 42.0 Å². The van der Waals surface area contributed by atoms with Gasteiger partial charge in [-0.15, -0.1) is 11.3 Å². The Morgan fingerprint density at radius 3 is 3.00 bits per heavy atom. The minimum atomic E-state index is -0.0408. The van der Waals surface area contributed by atoms with E-state index in [0.717, 1.165) is 25.7 Å². The molecule has 120 valence electrons. The van der Waals surface area contributed by atoms with Crippen molar-refractivity contribution in [2.45, 2.75) is 25.8 Å². The van der Waals surface area contributed by atoms with E-state index < -0.39 is 0 Å². The SMILES string of the molecule is CCC1c2ccsc2CCN1C(=O)COc1ccccc1C=O. The lowest BCUT2D eigenvalue weighted by Gasteiger charge is -2.35. The van der Waals surface area contributed by atoms with Gasteiger partial charge >= 0.3 is 0 Å². The smallest absolute Gasteiger partial charge is 0.261 e. The van der Waals surface area contributed by atoms with Crippen molar-refractivity contribution in [1.29, 1.82) is 0 Å². The number of thiophene rings is 1. The van der Waals surface area contributed by atoms with Gasteiger partial charge in [-0.3, -0.25) is 9.59 Å². The summed E-state index contributed by atoms with van der Waals surface area (Å²) < 4.78 is 5.59. The van der Waals surface area contributed by atoms with E-state index in [1.807, 2.05) is 4.90 Å².